The van der Waals surface area contributed by atoms with E-state index >= 15 is 0 Å². The molecule has 10 heteroatoms. The number of carboxylic acid groups (broad SMARTS) is 1. The van der Waals surface area contributed by atoms with Crippen LogP contribution in [0.3, 0.4) is 0 Å². The molecule has 25 heavy (non-hydrogen) atoms. The normalized spacial score (nSPS) is 18.2. The van der Waals surface area contributed by atoms with Crippen LogP contribution >= 0.6 is 0 Å². The number of benzene rings is 1. The number of rotatable bonds is 4. The summed E-state index contributed by atoms with van der Waals surface area (Å²) in [5.41, 5.74) is -2.23. The zero-order valence-corrected chi connectivity index (χ0v) is 14.1. The van der Waals surface area contributed by atoms with Gasteiger partial charge in [0.05, 0.1) is 21.7 Å². The summed E-state index contributed by atoms with van der Waals surface area (Å²) >= 11 is 0. The number of aromatic carboxylic acids is 1. The molecule has 1 aliphatic rings. The van der Waals surface area contributed by atoms with Gasteiger partial charge in [-0.25, -0.2) is 18.4 Å². The second kappa shape index (κ2) is 6.68. The number of nitrogens with two attached hydrogens (primary N) is 1. The number of allylic oxidation sites excluding steroid dienone is 1. The van der Waals surface area contributed by atoms with Gasteiger partial charge in [-0.05, 0) is 31.4 Å². The first kappa shape index (κ1) is 19.3. The molecule has 1 aromatic rings. The average Bonchev–Trinajstić information content (AvgIpc) is 2.52. The fourth-order valence-electron chi connectivity index (χ4n) is 2.81. The Morgan fingerprint density at radius 2 is 1.96 bits per heavy atom. The maximum atomic E-state index is 13.3. The van der Waals surface area contributed by atoms with Gasteiger partial charge in [0.1, 0.15) is 0 Å². The Bertz CT molecular complexity index is 819. The monoisotopic (exact) mass is 378 g/mol. The molecule has 0 saturated heterocycles. The van der Waals surface area contributed by atoms with Crippen molar-refractivity contribution in [3.63, 3.8) is 0 Å². The highest BCUT2D eigenvalue weighted by molar-refractivity contribution is 7.89. The summed E-state index contributed by atoms with van der Waals surface area (Å²) in [5.74, 6) is -1.54. The van der Waals surface area contributed by atoms with E-state index < -0.39 is 38.2 Å². The van der Waals surface area contributed by atoms with Gasteiger partial charge < -0.3 is 10.0 Å². The minimum Gasteiger partial charge on any atom is -0.478 e. The van der Waals surface area contributed by atoms with Crippen LogP contribution in [-0.2, 0) is 16.2 Å². The Kier molecular flexibility index (Phi) is 5.14. The van der Waals surface area contributed by atoms with Gasteiger partial charge >= 0.3 is 12.1 Å². The van der Waals surface area contributed by atoms with Gasteiger partial charge in [0.2, 0.25) is 10.0 Å². The number of carboxylic acids is 1. The molecule has 1 aromatic carbocycles. The lowest BCUT2D eigenvalue weighted by Gasteiger charge is -2.32. The lowest BCUT2D eigenvalue weighted by Crippen LogP contribution is -2.34. The number of alkyl halides is 3. The van der Waals surface area contributed by atoms with E-state index in [1.54, 1.807) is 0 Å². The van der Waals surface area contributed by atoms with Crippen LogP contribution in [-0.4, -0.2) is 32.6 Å². The van der Waals surface area contributed by atoms with Crippen molar-refractivity contribution in [2.75, 3.05) is 11.9 Å². The highest BCUT2D eigenvalue weighted by Crippen LogP contribution is 2.39. The Morgan fingerprint density at radius 1 is 1.32 bits per heavy atom. The minimum atomic E-state index is -5.00. The summed E-state index contributed by atoms with van der Waals surface area (Å²) in [4.78, 5) is 11.7. The molecule has 0 saturated carbocycles. The number of primary sulfonamides is 1. The van der Waals surface area contributed by atoms with Gasteiger partial charge in [0.15, 0.2) is 0 Å². The summed E-state index contributed by atoms with van der Waals surface area (Å²) in [6, 6.07) is 0.830. The first-order valence-corrected chi connectivity index (χ1v) is 8.86. The Balaban J connectivity index is 2.70. The molecule has 138 valence electrons. The van der Waals surface area contributed by atoms with Crippen LogP contribution in [0.1, 0.15) is 35.2 Å². The van der Waals surface area contributed by atoms with Crippen molar-refractivity contribution in [1.29, 1.82) is 0 Å². The molecule has 0 bridgehead atoms. The van der Waals surface area contributed by atoms with Gasteiger partial charge in [0.25, 0.3) is 0 Å². The predicted octanol–water partition coefficient (Wildman–Crippen LogP) is 2.60. The summed E-state index contributed by atoms with van der Waals surface area (Å²) in [5, 5.41) is 14.2. The topological polar surface area (TPSA) is 101 Å². The second-order valence-electron chi connectivity index (χ2n) is 5.76. The number of nitrogens with zero attached hydrogens (tertiary/aromatic N) is 1. The molecule has 3 N–H and O–H groups in total. The Labute approximate surface area is 142 Å². The molecular weight excluding hydrogens is 361 g/mol. The van der Waals surface area contributed by atoms with E-state index in [4.69, 9.17) is 5.14 Å². The van der Waals surface area contributed by atoms with Crippen LogP contribution in [0.15, 0.2) is 29.2 Å². The standard InChI is InChI=1S/C15H17F3N2O4S/c1-20(9-5-3-2-4-6-9)12-8-11(15(16,17)18)13(25(19,23)24)7-10(12)14(21)22/h2-3,7-9H,4-6H2,1H3,(H,21,22)(H2,19,23,24). The molecule has 1 aliphatic carbocycles. The van der Waals surface area contributed by atoms with Crippen molar-refractivity contribution in [2.45, 2.75) is 36.4 Å². The summed E-state index contributed by atoms with van der Waals surface area (Å²) < 4.78 is 62.9. The highest BCUT2D eigenvalue weighted by Gasteiger charge is 2.39. The van der Waals surface area contributed by atoms with Crippen molar-refractivity contribution in [2.24, 2.45) is 5.14 Å². The van der Waals surface area contributed by atoms with Crippen molar-refractivity contribution >= 4 is 21.7 Å². The average molecular weight is 378 g/mol. The third-order valence-corrected chi connectivity index (χ3v) is 5.06. The zero-order chi connectivity index (χ0) is 19.0. The molecular formula is C15H17F3N2O4S. The second-order valence-corrected chi connectivity index (χ2v) is 7.29. The van der Waals surface area contributed by atoms with Crippen molar-refractivity contribution in [3.05, 3.63) is 35.4 Å². The van der Waals surface area contributed by atoms with Crippen LogP contribution in [0.2, 0.25) is 0 Å². The van der Waals surface area contributed by atoms with E-state index in [2.05, 4.69) is 0 Å². The number of hydrogen-bond acceptors (Lipinski definition) is 4. The summed E-state index contributed by atoms with van der Waals surface area (Å²) in [6.07, 6.45) is 0.722. The molecule has 0 radical (unpaired) electrons. The molecule has 0 spiro atoms. The number of sulfonamides is 1. The molecule has 1 unspecified atom stereocenters. The summed E-state index contributed by atoms with van der Waals surface area (Å²) in [7, 11) is -3.26. The molecule has 0 fully saturated rings. The van der Waals surface area contributed by atoms with Crippen LogP contribution < -0.4 is 10.0 Å². The van der Waals surface area contributed by atoms with E-state index in [9.17, 15) is 31.5 Å². The van der Waals surface area contributed by atoms with Gasteiger partial charge in [-0.2, -0.15) is 13.2 Å². The van der Waals surface area contributed by atoms with E-state index in [0.717, 1.165) is 6.42 Å². The van der Waals surface area contributed by atoms with Crippen molar-refractivity contribution in [3.8, 4) is 0 Å². The van der Waals surface area contributed by atoms with Gasteiger partial charge in [-0.15, -0.1) is 0 Å². The third kappa shape index (κ3) is 4.13. The Hall–Kier alpha value is -2.07. The van der Waals surface area contributed by atoms with Crippen LogP contribution in [0.4, 0.5) is 18.9 Å². The smallest absolute Gasteiger partial charge is 0.417 e. The van der Waals surface area contributed by atoms with Crippen molar-refractivity contribution in [1.82, 2.24) is 0 Å². The van der Waals surface area contributed by atoms with Crippen molar-refractivity contribution < 1.29 is 31.5 Å². The molecule has 6 nitrogen and oxygen atoms in total. The highest BCUT2D eigenvalue weighted by atomic mass is 32.2. The van der Waals surface area contributed by atoms with Gasteiger partial charge in [-0.1, -0.05) is 12.2 Å². The maximum Gasteiger partial charge on any atom is 0.417 e. The molecule has 1 atom stereocenters. The minimum absolute atomic E-state index is 0.190. The van der Waals surface area contributed by atoms with Crippen LogP contribution in [0.5, 0.6) is 0 Å². The van der Waals surface area contributed by atoms with Crippen LogP contribution in [0, 0.1) is 0 Å². The number of carbonyl (C=O) groups is 1. The quantitative estimate of drug-likeness (QED) is 0.785. The van der Waals surface area contributed by atoms with Gasteiger partial charge in [-0.3, -0.25) is 0 Å². The van der Waals surface area contributed by atoms with Crippen LogP contribution in [0.25, 0.3) is 0 Å². The third-order valence-electron chi connectivity index (χ3n) is 4.11. The van der Waals surface area contributed by atoms with E-state index in [-0.39, 0.29) is 11.7 Å². The number of halogens is 3. The summed E-state index contributed by atoms with van der Waals surface area (Å²) in [6.45, 7) is 0. The predicted molar refractivity (Wildman–Crippen MR) is 85.0 cm³/mol. The van der Waals surface area contributed by atoms with Gasteiger partial charge in [0, 0.05) is 13.1 Å². The van der Waals surface area contributed by atoms with E-state index in [1.165, 1.54) is 11.9 Å². The first-order chi connectivity index (χ1) is 11.4. The SMILES string of the molecule is CN(c1cc(C(F)(F)F)c(S(N)(=O)=O)cc1C(=O)O)C1CC=CCC1. The fourth-order valence-corrected chi connectivity index (χ4v) is 3.58. The zero-order valence-electron chi connectivity index (χ0n) is 13.2. The van der Waals surface area contributed by atoms with E-state index in [1.807, 2.05) is 12.2 Å². The lowest BCUT2D eigenvalue weighted by molar-refractivity contribution is -0.139. The largest absolute Gasteiger partial charge is 0.478 e. The maximum absolute atomic E-state index is 13.3. The fraction of sp³-hybridized carbons (Fsp3) is 0.400. The first-order valence-electron chi connectivity index (χ1n) is 7.32. The molecule has 0 aromatic heterocycles. The van der Waals surface area contributed by atoms with E-state index in [0.29, 0.717) is 25.0 Å². The molecule has 0 heterocycles. The lowest BCUT2D eigenvalue weighted by atomic mass is 9.98. The molecule has 0 amide bonds. The molecule has 0 aliphatic heterocycles. The Morgan fingerprint density at radius 3 is 2.40 bits per heavy atom. The number of hydrogen-bond donors (Lipinski definition) is 2. The molecule has 2 rings (SSSR count). The number of anilines is 1.